The Hall–Kier alpha value is -5.81. The molecule has 196 valence electrons. The summed E-state index contributed by atoms with van der Waals surface area (Å²) in [5.74, 6) is 1.88. The summed E-state index contributed by atoms with van der Waals surface area (Å²) >= 11 is 0. The Labute approximate surface area is 240 Å². The van der Waals surface area contributed by atoms with Crippen molar-refractivity contribution in [3.8, 4) is 28.7 Å². The molecule has 5 heteroatoms. The molecule has 5 nitrogen and oxygen atoms in total. The van der Waals surface area contributed by atoms with E-state index in [1.165, 1.54) is 21.5 Å². The Morgan fingerprint density at radius 1 is 0.452 bits per heavy atom. The zero-order valence-electron chi connectivity index (χ0n) is 22.5. The predicted octanol–water partition coefficient (Wildman–Crippen LogP) is 9.09. The van der Waals surface area contributed by atoms with Crippen LogP contribution >= 0.6 is 0 Å². The van der Waals surface area contributed by atoms with Crippen LogP contribution in [0.25, 0.3) is 83.1 Å². The molecule has 0 aliphatic heterocycles. The number of fused-ring (bicyclic) bond motifs is 9. The van der Waals surface area contributed by atoms with Crippen molar-refractivity contribution in [3.63, 3.8) is 0 Å². The van der Waals surface area contributed by atoms with Crippen LogP contribution in [0, 0.1) is 0 Å². The predicted molar refractivity (Wildman–Crippen MR) is 172 cm³/mol. The molecule has 0 aliphatic carbocycles. The minimum Gasteiger partial charge on any atom is -0.354 e. The summed E-state index contributed by atoms with van der Waals surface area (Å²) in [5.41, 5.74) is 6.24. The van der Waals surface area contributed by atoms with Gasteiger partial charge in [-0.15, -0.1) is 0 Å². The molecule has 0 amide bonds. The third kappa shape index (κ3) is 3.34. The topological polar surface area (TPSA) is 59.4 Å². The van der Waals surface area contributed by atoms with Gasteiger partial charge in [0.25, 0.3) is 0 Å². The number of H-pyrrole nitrogens is 1. The van der Waals surface area contributed by atoms with Crippen molar-refractivity contribution in [3.05, 3.63) is 133 Å². The van der Waals surface area contributed by atoms with E-state index in [4.69, 9.17) is 15.0 Å². The van der Waals surface area contributed by atoms with E-state index in [9.17, 15) is 0 Å². The molecule has 6 aromatic carbocycles. The quantitative estimate of drug-likeness (QED) is 0.244. The van der Waals surface area contributed by atoms with Crippen LogP contribution in [0.5, 0.6) is 0 Å². The average Bonchev–Trinajstić information content (AvgIpc) is 3.61. The van der Waals surface area contributed by atoms with E-state index in [2.05, 4.69) is 82.3 Å². The van der Waals surface area contributed by atoms with Gasteiger partial charge in [-0.3, -0.25) is 4.57 Å². The largest absolute Gasteiger partial charge is 0.354 e. The molecule has 0 spiro atoms. The number of nitrogens with zero attached hydrogens (tertiary/aromatic N) is 4. The van der Waals surface area contributed by atoms with E-state index in [0.29, 0.717) is 17.6 Å². The van der Waals surface area contributed by atoms with Crippen LogP contribution in [0.2, 0.25) is 0 Å². The van der Waals surface area contributed by atoms with E-state index in [-0.39, 0.29) is 0 Å². The molecule has 0 aliphatic rings. The summed E-state index contributed by atoms with van der Waals surface area (Å²) in [6.07, 6.45) is 0. The minimum absolute atomic E-state index is 0.592. The molecule has 3 aromatic heterocycles. The Morgan fingerprint density at radius 3 is 1.83 bits per heavy atom. The summed E-state index contributed by atoms with van der Waals surface area (Å²) in [4.78, 5) is 18.8. The zero-order valence-corrected chi connectivity index (χ0v) is 22.5. The van der Waals surface area contributed by atoms with E-state index >= 15 is 0 Å². The molecule has 0 fully saturated rings. The zero-order chi connectivity index (χ0) is 27.6. The van der Waals surface area contributed by atoms with E-state index < -0.39 is 0 Å². The van der Waals surface area contributed by atoms with Gasteiger partial charge in [0.1, 0.15) is 0 Å². The Morgan fingerprint density at radius 2 is 1.10 bits per heavy atom. The molecular weight excluding hydrogens is 514 g/mol. The highest BCUT2D eigenvalue weighted by atomic mass is 15.2. The van der Waals surface area contributed by atoms with Crippen LogP contribution in [0.3, 0.4) is 0 Å². The lowest BCUT2D eigenvalue weighted by molar-refractivity contribution is 0.953. The van der Waals surface area contributed by atoms with Crippen LogP contribution in [0.1, 0.15) is 0 Å². The Balaban J connectivity index is 1.40. The van der Waals surface area contributed by atoms with Crippen molar-refractivity contribution in [1.82, 2.24) is 24.5 Å². The first kappa shape index (κ1) is 22.9. The van der Waals surface area contributed by atoms with E-state index in [0.717, 1.165) is 44.0 Å². The fourth-order valence-corrected chi connectivity index (χ4v) is 6.31. The van der Waals surface area contributed by atoms with Crippen molar-refractivity contribution in [2.24, 2.45) is 0 Å². The van der Waals surface area contributed by atoms with Crippen LogP contribution in [0.15, 0.2) is 133 Å². The highest BCUT2D eigenvalue weighted by Crippen LogP contribution is 2.40. The maximum absolute atomic E-state index is 5.07. The number of aromatic amines is 1. The minimum atomic E-state index is 0.592. The van der Waals surface area contributed by atoms with Gasteiger partial charge in [0.05, 0.1) is 16.6 Å². The highest BCUT2D eigenvalue weighted by molar-refractivity contribution is 6.29. The van der Waals surface area contributed by atoms with Gasteiger partial charge >= 0.3 is 0 Å². The first-order valence-corrected chi connectivity index (χ1v) is 14.1. The number of benzene rings is 6. The second-order valence-corrected chi connectivity index (χ2v) is 10.6. The lowest BCUT2D eigenvalue weighted by Crippen LogP contribution is -2.06. The summed E-state index contributed by atoms with van der Waals surface area (Å²) in [6, 6.07) is 46.1. The van der Waals surface area contributed by atoms with Crippen molar-refractivity contribution in [2.45, 2.75) is 0 Å². The summed E-state index contributed by atoms with van der Waals surface area (Å²) in [7, 11) is 0. The van der Waals surface area contributed by atoms with Gasteiger partial charge in [0.2, 0.25) is 5.95 Å². The molecule has 9 aromatic rings. The van der Waals surface area contributed by atoms with Gasteiger partial charge in [-0.25, -0.2) is 4.98 Å². The van der Waals surface area contributed by atoms with Gasteiger partial charge in [0.15, 0.2) is 11.6 Å². The molecule has 0 unspecified atom stereocenters. The molecule has 0 saturated carbocycles. The van der Waals surface area contributed by atoms with Crippen molar-refractivity contribution in [2.75, 3.05) is 0 Å². The lowest BCUT2D eigenvalue weighted by atomic mass is 10.0. The molecular formula is C37H23N5. The number of rotatable bonds is 3. The van der Waals surface area contributed by atoms with Gasteiger partial charge in [-0.1, -0.05) is 115 Å². The molecule has 0 atom stereocenters. The van der Waals surface area contributed by atoms with Crippen LogP contribution < -0.4 is 0 Å². The number of hydrogen-bond acceptors (Lipinski definition) is 3. The van der Waals surface area contributed by atoms with Crippen LogP contribution in [0.4, 0.5) is 0 Å². The number of para-hydroxylation sites is 1. The SMILES string of the molecule is c1ccc(-c2nc(-c3ccccc3)nc(-n3c4ccccc4c4c5[nH]c6ccc7ccccc7c6c5ccc43)n2)cc1. The van der Waals surface area contributed by atoms with Gasteiger partial charge in [-0.2, -0.15) is 9.97 Å². The van der Waals surface area contributed by atoms with E-state index in [1.54, 1.807) is 0 Å². The standard InChI is InChI=1S/C37H23N5/c1-3-12-24(13-4-1)35-39-36(25-14-5-2-6-15-25)41-37(40-35)42-30-18-10-9-17-27(30)33-31(42)22-20-28-32-26-16-8-7-11-23(26)19-21-29(32)38-34(28)33/h1-22,38H. The Kier molecular flexibility index (Phi) is 4.83. The fourth-order valence-electron chi connectivity index (χ4n) is 6.31. The molecule has 1 N–H and O–H groups in total. The molecule has 0 bridgehead atoms. The third-order valence-electron chi connectivity index (χ3n) is 8.18. The molecule has 42 heavy (non-hydrogen) atoms. The van der Waals surface area contributed by atoms with Crippen molar-refractivity contribution >= 4 is 54.4 Å². The monoisotopic (exact) mass is 537 g/mol. The van der Waals surface area contributed by atoms with Gasteiger partial charge < -0.3 is 4.98 Å². The maximum atomic E-state index is 5.07. The van der Waals surface area contributed by atoms with Crippen LogP contribution in [-0.4, -0.2) is 24.5 Å². The Bertz CT molecular complexity index is 2400. The first-order chi connectivity index (χ1) is 20.8. The second kappa shape index (κ2) is 8.85. The van der Waals surface area contributed by atoms with Crippen molar-refractivity contribution < 1.29 is 0 Å². The highest BCUT2D eigenvalue weighted by Gasteiger charge is 2.20. The molecule has 0 saturated heterocycles. The molecule has 3 heterocycles. The fraction of sp³-hybridized carbons (Fsp3) is 0. The first-order valence-electron chi connectivity index (χ1n) is 14.1. The van der Waals surface area contributed by atoms with Crippen molar-refractivity contribution in [1.29, 1.82) is 0 Å². The number of hydrogen-bond donors (Lipinski definition) is 1. The molecule has 0 radical (unpaired) electrons. The normalized spacial score (nSPS) is 11.8. The second-order valence-electron chi connectivity index (χ2n) is 10.6. The summed E-state index contributed by atoms with van der Waals surface area (Å²) < 4.78 is 2.17. The molecule has 9 rings (SSSR count). The smallest absolute Gasteiger partial charge is 0.238 e. The third-order valence-corrected chi connectivity index (χ3v) is 8.18. The summed E-state index contributed by atoms with van der Waals surface area (Å²) in [6.45, 7) is 0. The maximum Gasteiger partial charge on any atom is 0.238 e. The van der Waals surface area contributed by atoms with E-state index in [1.807, 2.05) is 60.7 Å². The van der Waals surface area contributed by atoms with Gasteiger partial charge in [-0.05, 0) is 29.0 Å². The van der Waals surface area contributed by atoms with Crippen LogP contribution in [-0.2, 0) is 0 Å². The van der Waals surface area contributed by atoms with Gasteiger partial charge in [0, 0.05) is 38.2 Å². The number of nitrogens with one attached hydrogen (secondary N) is 1. The number of aromatic nitrogens is 5. The lowest BCUT2D eigenvalue weighted by Gasteiger charge is -2.10. The summed E-state index contributed by atoms with van der Waals surface area (Å²) in [5, 5.41) is 7.26. The average molecular weight is 538 g/mol.